The van der Waals surface area contributed by atoms with E-state index < -0.39 is 36.1 Å². The predicted molar refractivity (Wildman–Crippen MR) is 98.2 cm³/mol. The molecule has 0 atom stereocenters. The van der Waals surface area contributed by atoms with Gasteiger partial charge in [0.2, 0.25) is 0 Å². The molecule has 0 spiro atoms. The number of rotatable bonds is 5. The van der Waals surface area contributed by atoms with Crippen molar-refractivity contribution in [3.63, 3.8) is 0 Å². The molecule has 14 nitrogen and oxygen atoms in total. The third kappa shape index (κ3) is 245. The molecule has 0 radical (unpaired) electrons. The van der Waals surface area contributed by atoms with Crippen molar-refractivity contribution in [1.82, 2.24) is 0 Å². The van der Waals surface area contributed by atoms with Gasteiger partial charge in [-0.05, 0) is 0 Å². The van der Waals surface area contributed by atoms with E-state index in [9.17, 15) is 4.79 Å². The zero-order valence-electron chi connectivity index (χ0n) is 16.8. The van der Waals surface area contributed by atoms with E-state index in [1.54, 1.807) is 6.92 Å². The molecule has 0 rings (SSSR count). The monoisotopic (exact) mass is 438 g/mol. The average molecular weight is 438 g/mol. The summed E-state index contributed by atoms with van der Waals surface area (Å²) in [4.78, 5) is 36.4. The van der Waals surface area contributed by atoms with Crippen LogP contribution in [-0.4, -0.2) is 114 Å². The molecule has 0 aromatic carbocycles. The van der Waals surface area contributed by atoms with Crippen LogP contribution in [0.15, 0.2) is 0 Å². The standard InChI is InChI=1S/2C3H8O3.C3H6O2.3C2H4O2/c2*4-1-3(6)2-5;1-2-3(4)5;3*1-2(3)4/h2*3-6H,1-2H2;2H2,1H3,(H,4,5);3*1H3,(H,3,4). The number of hydrogen-bond donors (Lipinski definition) is 10. The Morgan fingerprint density at radius 1 is 0.586 bits per heavy atom. The smallest absolute Gasteiger partial charge is 0.303 e. The average Bonchev–Trinajstić information content (AvgIpc) is 2.59. The molecule has 0 aliphatic rings. The van der Waals surface area contributed by atoms with Crippen molar-refractivity contribution >= 4 is 23.9 Å². The highest BCUT2D eigenvalue weighted by atomic mass is 16.4. The highest BCUT2D eigenvalue weighted by Gasteiger charge is 1.94. The summed E-state index contributed by atoms with van der Waals surface area (Å²) in [6.07, 6.45) is -1.69. The summed E-state index contributed by atoms with van der Waals surface area (Å²) in [5.74, 6) is -3.25. The van der Waals surface area contributed by atoms with E-state index in [0.717, 1.165) is 20.8 Å². The van der Waals surface area contributed by atoms with Crippen LogP contribution in [0.25, 0.3) is 0 Å². The highest BCUT2D eigenvalue weighted by molar-refractivity contribution is 5.66. The summed E-state index contributed by atoms with van der Waals surface area (Å²) in [5, 5.41) is 78.0. The number of aliphatic carboxylic acids is 4. The maximum absolute atomic E-state index is 9.37. The van der Waals surface area contributed by atoms with Crippen molar-refractivity contribution in [1.29, 1.82) is 0 Å². The molecular weight excluding hydrogens is 404 g/mol. The molecule has 0 saturated carbocycles. The van der Waals surface area contributed by atoms with Crippen LogP contribution >= 0.6 is 0 Å². The minimum Gasteiger partial charge on any atom is -0.481 e. The Morgan fingerprint density at radius 3 is 0.690 bits per heavy atom. The normalized spacial score (nSPS) is 8.00. The van der Waals surface area contributed by atoms with E-state index in [-0.39, 0.29) is 32.8 Å². The number of carbonyl (C=O) groups is 4. The Morgan fingerprint density at radius 2 is 0.690 bits per heavy atom. The fourth-order valence-electron chi connectivity index (χ4n) is 0.115. The van der Waals surface area contributed by atoms with Gasteiger partial charge in [0, 0.05) is 27.2 Å². The van der Waals surface area contributed by atoms with E-state index in [0.29, 0.717) is 0 Å². The van der Waals surface area contributed by atoms with Gasteiger partial charge in [0.1, 0.15) is 12.2 Å². The van der Waals surface area contributed by atoms with Crippen LogP contribution in [-0.2, 0) is 19.2 Å². The first-order valence-corrected chi connectivity index (χ1v) is 7.69. The second kappa shape index (κ2) is 36.5. The topological polar surface area (TPSA) is 271 Å². The van der Waals surface area contributed by atoms with E-state index >= 15 is 0 Å². The first-order chi connectivity index (χ1) is 13.1. The summed E-state index contributed by atoms with van der Waals surface area (Å²) in [7, 11) is 0. The maximum Gasteiger partial charge on any atom is 0.303 e. The van der Waals surface area contributed by atoms with Crippen molar-refractivity contribution in [3.8, 4) is 0 Å². The lowest BCUT2D eigenvalue weighted by Crippen LogP contribution is -2.15. The first-order valence-electron chi connectivity index (χ1n) is 7.69. The van der Waals surface area contributed by atoms with E-state index in [2.05, 4.69) is 0 Å². The van der Waals surface area contributed by atoms with Gasteiger partial charge in [0.25, 0.3) is 17.9 Å². The predicted octanol–water partition coefficient (Wildman–Crippen LogP) is -2.58. The number of carboxylic acids is 4. The number of aliphatic hydroxyl groups is 6. The lowest BCUT2D eigenvalue weighted by molar-refractivity contribution is -0.137. The molecule has 0 amide bonds. The minimum atomic E-state index is -0.954. The van der Waals surface area contributed by atoms with Crippen LogP contribution in [0, 0.1) is 0 Å². The summed E-state index contributed by atoms with van der Waals surface area (Å²) < 4.78 is 0. The molecule has 10 N–H and O–H groups in total. The molecule has 0 unspecified atom stereocenters. The van der Waals surface area contributed by atoms with Crippen molar-refractivity contribution in [3.05, 3.63) is 0 Å². The third-order valence-corrected chi connectivity index (χ3v) is 1.15. The number of hydrogen-bond acceptors (Lipinski definition) is 10. The molecule has 29 heavy (non-hydrogen) atoms. The van der Waals surface area contributed by atoms with E-state index in [1.807, 2.05) is 0 Å². The van der Waals surface area contributed by atoms with E-state index in [1.165, 1.54) is 0 Å². The van der Waals surface area contributed by atoms with Crippen molar-refractivity contribution in [2.24, 2.45) is 0 Å². The third-order valence-electron chi connectivity index (χ3n) is 1.15. The Kier molecular flexibility index (Phi) is 51.8. The first kappa shape index (κ1) is 41.1. The van der Waals surface area contributed by atoms with Gasteiger partial charge in [0.15, 0.2) is 0 Å². The zero-order chi connectivity index (χ0) is 25.0. The van der Waals surface area contributed by atoms with Gasteiger partial charge >= 0.3 is 5.97 Å². The van der Waals surface area contributed by atoms with Crippen LogP contribution < -0.4 is 0 Å². The van der Waals surface area contributed by atoms with Crippen molar-refractivity contribution < 1.29 is 70.2 Å². The van der Waals surface area contributed by atoms with E-state index in [4.69, 9.17) is 65.4 Å². The Labute approximate surface area is 167 Å². The van der Waals surface area contributed by atoms with Crippen molar-refractivity contribution in [2.75, 3.05) is 26.4 Å². The molecule has 0 heterocycles. The minimum absolute atomic E-state index is 0.222. The Hall–Kier alpha value is -2.36. The lowest BCUT2D eigenvalue weighted by Gasteiger charge is -1.96. The molecule has 0 saturated heterocycles. The summed E-state index contributed by atoms with van der Waals surface area (Å²) >= 11 is 0. The van der Waals surface area contributed by atoms with Gasteiger partial charge in [-0.2, -0.15) is 0 Å². The van der Waals surface area contributed by atoms with Crippen LogP contribution in [0.4, 0.5) is 0 Å². The van der Waals surface area contributed by atoms with Crippen molar-refractivity contribution in [2.45, 2.75) is 46.3 Å². The zero-order valence-corrected chi connectivity index (χ0v) is 16.8. The molecule has 0 bridgehead atoms. The molecule has 14 heteroatoms. The van der Waals surface area contributed by atoms with Gasteiger partial charge in [-0.1, -0.05) is 6.92 Å². The van der Waals surface area contributed by atoms with Gasteiger partial charge in [-0.15, -0.1) is 0 Å². The quantitative estimate of drug-likeness (QED) is 0.211. The second-order valence-corrected chi connectivity index (χ2v) is 4.34. The fourth-order valence-corrected chi connectivity index (χ4v) is 0.115. The summed E-state index contributed by atoms with van der Waals surface area (Å²) in [6, 6.07) is 0. The molecule has 0 fully saturated rings. The Bertz CT molecular complexity index is 313. The molecule has 0 aliphatic carbocycles. The van der Waals surface area contributed by atoms with Gasteiger partial charge in [0.05, 0.1) is 26.4 Å². The maximum atomic E-state index is 9.37. The molecular formula is C15H34O14. The van der Waals surface area contributed by atoms with Crippen LogP contribution in [0.2, 0.25) is 0 Å². The fraction of sp³-hybridized carbons (Fsp3) is 0.733. The van der Waals surface area contributed by atoms with Crippen LogP contribution in [0.3, 0.4) is 0 Å². The second-order valence-electron chi connectivity index (χ2n) is 4.34. The van der Waals surface area contributed by atoms with Gasteiger partial charge in [-0.3, -0.25) is 19.2 Å². The van der Waals surface area contributed by atoms with Crippen LogP contribution in [0.5, 0.6) is 0 Å². The highest BCUT2D eigenvalue weighted by Crippen LogP contribution is 1.72. The van der Waals surface area contributed by atoms with Crippen LogP contribution in [0.1, 0.15) is 34.1 Å². The number of aliphatic hydroxyl groups excluding tert-OH is 6. The summed E-state index contributed by atoms with van der Waals surface area (Å²) in [6.45, 7) is 3.39. The molecule has 0 aromatic heterocycles. The lowest BCUT2D eigenvalue weighted by atomic mass is 10.4. The number of carboxylic acid groups (broad SMARTS) is 4. The molecule has 0 aliphatic heterocycles. The van der Waals surface area contributed by atoms with Gasteiger partial charge < -0.3 is 51.1 Å². The largest absolute Gasteiger partial charge is 0.481 e. The summed E-state index contributed by atoms with van der Waals surface area (Å²) in [5.41, 5.74) is 0. The SMILES string of the molecule is CC(=O)O.CC(=O)O.CC(=O)O.CCC(=O)O.OCC(O)CO.OCC(O)CO. The Balaban J connectivity index is -0.0000000553. The molecule has 0 aromatic rings. The molecule has 178 valence electrons. The van der Waals surface area contributed by atoms with Gasteiger partial charge in [-0.25, -0.2) is 0 Å².